The van der Waals surface area contributed by atoms with Gasteiger partial charge in [-0.15, -0.1) is 0 Å². The molecule has 714 valence electrons. The van der Waals surface area contributed by atoms with Gasteiger partial charge in [0, 0.05) is 58.5 Å². The Hall–Kier alpha value is -13.3. The maximum atomic E-state index is 14.8. The van der Waals surface area contributed by atoms with Crippen LogP contribution in [0, 0.1) is 75.1 Å². The molecule has 135 heavy (non-hydrogen) atoms. The smallest absolute Gasteiger partial charge is 0.416 e. The maximum Gasteiger partial charge on any atom is 0.416 e. The van der Waals surface area contributed by atoms with E-state index in [0.29, 0.717) is 106 Å². The number of aromatic nitrogens is 6. The molecule has 9 aromatic carbocycles. The van der Waals surface area contributed by atoms with Crippen molar-refractivity contribution in [3.05, 3.63) is 317 Å². The summed E-state index contributed by atoms with van der Waals surface area (Å²) < 4.78 is 155. The zero-order valence-corrected chi connectivity index (χ0v) is 79.3. The molecule has 0 aliphatic carbocycles. The van der Waals surface area contributed by atoms with Crippen LogP contribution < -0.4 is 28.9 Å². The highest BCUT2D eigenvalue weighted by atomic mass is 19.4. The zero-order valence-electron chi connectivity index (χ0n) is 79.3. The summed E-state index contributed by atoms with van der Waals surface area (Å²) in [5, 5.41) is 26.5. The Morgan fingerprint density at radius 3 is 0.926 bits per heavy atom. The van der Waals surface area contributed by atoms with Crippen molar-refractivity contribution in [2.75, 3.05) is 34.5 Å². The first-order valence-electron chi connectivity index (χ1n) is 44.6. The highest BCUT2D eigenvalue weighted by Crippen LogP contribution is 2.41. The van der Waals surface area contributed by atoms with E-state index >= 15 is 0 Å². The van der Waals surface area contributed by atoms with Gasteiger partial charge in [-0.1, -0.05) is 185 Å². The van der Waals surface area contributed by atoms with E-state index in [1.54, 1.807) is 43.9 Å². The molecule has 3 heterocycles. The first kappa shape index (κ1) is 104. The third kappa shape index (κ3) is 30.1. The summed E-state index contributed by atoms with van der Waals surface area (Å²) >= 11 is 0. The van der Waals surface area contributed by atoms with E-state index in [0.717, 1.165) is 108 Å². The molecule has 0 aliphatic heterocycles. The molecule has 0 amide bonds. The molecule has 18 nitrogen and oxygen atoms in total. The summed E-state index contributed by atoms with van der Waals surface area (Å²) in [5.74, 6) is -0.630. The van der Waals surface area contributed by atoms with Crippen LogP contribution in [0.4, 0.5) is 61.7 Å². The number of aliphatic carboxylic acids is 3. The van der Waals surface area contributed by atoms with Crippen LogP contribution in [-0.2, 0) is 77.6 Å². The molecule has 28 heteroatoms. The zero-order chi connectivity index (χ0) is 98.7. The van der Waals surface area contributed by atoms with Gasteiger partial charge in [0.2, 0.25) is 17.8 Å². The van der Waals surface area contributed by atoms with Gasteiger partial charge in [-0.05, 0) is 260 Å². The number of halogens is 10. The Morgan fingerprint density at radius 2 is 0.630 bits per heavy atom. The van der Waals surface area contributed by atoms with Crippen molar-refractivity contribution < 1.29 is 87.8 Å². The molecule has 0 fully saturated rings. The van der Waals surface area contributed by atoms with Crippen LogP contribution >= 0.6 is 0 Å². The van der Waals surface area contributed by atoms with E-state index in [2.05, 4.69) is 152 Å². The molecule has 0 aliphatic rings. The normalized spacial score (nSPS) is 11.7. The van der Waals surface area contributed by atoms with Crippen molar-refractivity contribution in [1.82, 2.24) is 29.9 Å². The van der Waals surface area contributed by atoms with Gasteiger partial charge in [-0.3, -0.25) is 14.4 Å². The maximum absolute atomic E-state index is 14.8. The van der Waals surface area contributed by atoms with Crippen LogP contribution in [0.15, 0.2) is 189 Å². The standard InChI is InChI=1S/2C36H40F3N3O3.C35H37F4N3O3/c1-23-9-12-31(32-18-28(35(4,5)6)11-10-25(32)3)27(15-23)22-42(21-26-14-24(2)16-29(17-26)36(37,38)39)34-40-19-30(20-41-34)45-13-7-8-33(43)44;1-22(2)32-17-33(26(6)15-25(32)5)31-10-9-23(3)13-28(31)21-42(20-27-12-24(4)14-29(16-27)36(37,38)39)35-40-18-30(19-41-35)45-11-7-8-34(43)44;1-21(2)30-16-31(24(5)14-32(30)36)29-9-8-22(3)12-26(29)20-42(19-25-11-23(4)13-27(15-25)35(37,38)39)34-40-17-28(18-41-34)45-10-6-7-33(43)44/h9-12,14-20H,7-8,13,21-22H2,1-6H3,(H,43,44);9-10,12-19,22H,7-8,11,20-21H2,1-6H3,(H,43,44);8-9,11-18,21H,6-7,10,19-20H2,1-5H3,(H,43,44). The number of anilines is 3. The number of carboxylic acid groups (broad SMARTS) is 3. The van der Waals surface area contributed by atoms with Gasteiger partial charge in [-0.25, -0.2) is 34.3 Å². The first-order chi connectivity index (χ1) is 63.5. The molecule has 0 spiro atoms. The van der Waals surface area contributed by atoms with Crippen LogP contribution in [0.1, 0.15) is 221 Å². The van der Waals surface area contributed by atoms with Crippen LogP contribution in [0.2, 0.25) is 0 Å². The Labute approximate surface area is 782 Å². The molecule has 12 rings (SSSR count). The van der Waals surface area contributed by atoms with E-state index in [9.17, 15) is 58.3 Å². The fraction of sp³-hybridized carbons (Fsp3) is 0.355. The number of carbonyl (C=O) groups is 3. The van der Waals surface area contributed by atoms with E-state index in [4.69, 9.17) is 29.5 Å². The molecular weight excluding hydrogens is 1750 g/mol. The van der Waals surface area contributed by atoms with Gasteiger partial charge in [-0.2, -0.15) is 39.5 Å². The van der Waals surface area contributed by atoms with Crippen LogP contribution in [0.5, 0.6) is 17.2 Å². The molecule has 0 bridgehead atoms. The number of rotatable bonds is 35. The highest BCUT2D eigenvalue weighted by molar-refractivity contribution is 5.76. The summed E-state index contributed by atoms with van der Waals surface area (Å²) in [6.45, 7) is 35.7. The minimum atomic E-state index is -4.50. The molecule has 3 aromatic heterocycles. The first-order valence-corrected chi connectivity index (χ1v) is 44.6. The average molecular weight is 1860 g/mol. The van der Waals surface area contributed by atoms with Crippen molar-refractivity contribution in [1.29, 1.82) is 0 Å². The quantitative estimate of drug-likeness (QED) is 0.0248. The number of ether oxygens (including phenoxy) is 3. The second kappa shape index (κ2) is 45.6. The SMILES string of the molecule is Cc1cc(CN(Cc2cc(C)ccc2-c2cc(C(C)(C)C)ccc2C)c2ncc(OCCCC(=O)O)cn2)cc(C(F)(F)F)c1.Cc1cc(CN(Cc2cc(C)ccc2-c2cc(C(C)C)c(C)cc2C)c2ncc(OCCCC(=O)O)cn2)cc(C(F)(F)F)c1.Cc1cc(CN(Cc2cc(C)ccc2-c2cc(C(C)C)c(F)cc2C)c2ncc(OCCCC(=O)O)cn2)cc(C(F)(F)F)c1. The summed E-state index contributed by atoms with van der Waals surface area (Å²) in [6, 6.07) is 45.0. The Morgan fingerprint density at radius 1 is 0.326 bits per heavy atom. The minimum Gasteiger partial charge on any atom is -0.490 e. The van der Waals surface area contributed by atoms with Crippen molar-refractivity contribution >= 4 is 35.8 Å². The largest absolute Gasteiger partial charge is 0.490 e. The molecule has 0 radical (unpaired) electrons. The van der Waals surface area contributed by atoms with Gasteiger partial charge in [0.05, 0.1) is 73.7 Å². The van der Waals surface area contributed by atoms with Gasteiger partial charge in [0.25, 0.3) is 0 Å². The Bertz CT molecular complexity index is 5870. The number of nitrogens with zero attached hydrogens (tertiary/aromatic N) is 9. The summed E-state index contributed by atoms with van der Waals surface area (Å²) in [7, 11) is 0. The van der Waals surface area contributed by atoms with E-state index in [1.165, 1.54) is 72.1 Å². The summed E-state index contributed by atoms with van der Waals surface area (Å²) in [4.78, 5) is 64.9. The lowest BCUT2D eigenvalue weighted by atomic mass is 9.83. The van der Waals surface area contributed by atoms with Crippen molar-refractivity contribution in [2.24, 2.45) is 0 Å². The van der Waals surface area contributed by atoms with Crippen LogP contribution in [0.3, 0.4) is 0 Å². The van der Waals surface area contributed by atoms with Gasteiger partial charge in [0.1, 0.15) is 5.82 Å². The molecule has 0 saturated heterocycles. The number of hydrogen-bond donors (Lipinski definition) is 3. The van der Waals surface area contributed by atoms with Gasteiger partial charge in [0.15, 0.2) is 17.2 Å². The number of hydrogen-bond acceptors (Lipinski definition) is 15. The van der Waals surface area contributed by atoms with Crippen molar-refractivity contribution in [2.45, 2.75) is 231 Å². The number of alkyl halides is 9. The van der Waals surface area contributed by atoms with Crippen molar-refractivity contribution in [3.63, 3.8) is 0 Å². The van der Waals surface area contributed by atoms with E-state index < -0.39 is 53.1 Å². The fourth-order valence-corrected chi connectivity index (χ4v) is 16.0. The molecule has 0 unspecified atom stereocenters. The van der Waals surface area contributed by atoms with Gasteiger partial charge >= 0.3 is 36.4 Å². The second-order valence-corrected chi connectivity index (χ2v) is 36.2. The second-order valence-electron chi connectivity index (χ2n) is 36.2. The molecular formula is C107H117F10N9O9. The summed E-state index contributed by atoms with van der Waals surface area (Å²) in [5.41, 5.74) is 20.1. The third-order valence-electron chi connectivity index (χ3n) is 22.7. The predicted octanol–water partition coefficient (Wildman–Crippen LogP) is 26.6. The lowest BCUT2D eigenvalue weighted by molar-refractivity contribution is -0.138. The molecule has 12 aromatic rings. The highest BCUT2D eigenvalue weighted by Gasteiger charge is 2.35. The Kier molecular flexibility index (Phi) is 35.1. The van der Waals surface area contributed by atoms with Crippen LogP contribution in [0.25, 0.3) is 33.4 Å². The topological polar surface area (TPSA) is 227 Å². The molecule has 3 N–H and O–H groups in total. The average Bonchev–Trinajstić information content (AvgIpc) is 0.794. The van der Waals surface area contributed by atoms with Gasteiger partial charge < -0.3 is 44.2 Å². The third-order valence-corrected chi connectivity index (χ3v) is 22.7. The Balaban J connectivity index is 0.000000209. The monoisotopic (exact) mass is 1860 g/mol. The van der Waals surface area contributed by atoms with E-state index in [-0.39, 0.29) is 88.4 Å². The number of carboxylic acids is 3. The minimum absolute atomic E-state index is 0.0128. The molecule has 0 saturated carbocycles. The fourth-order valence-electron chi connectivity index (χ4n) is 16.0. The predicted molar refractivity (Wildman–Crippen MR) is 507 cm³/mol. The van der Waals surface area contributed by atoms with Crippen molar-refractivity contribution in [3.8, 4) is 50.6 Å². The summed E-state index contributed by atoms with van der Waals surface area (Å²) in [6.07, 6.45) is -3.58. The number of aryl methyl sites for hydroxylation is 10. The molecule has 0 atom stereocenters. The lowest BCUT2D eigenvalue weighted by Crippen LogP contribution is -2.25. The lowest BCUT2D eigenvalue weighted by Gasteiger charge is -2.26. The number of benzene rings is 9. The van der Waals surface area contributed by atoms with Crippen LogP contribution in [-0.4, -0.2) is 83.0 Å². The van der Waals surface area contributed by atoms with E-state index in [1.807, 2.05) is 75.6 Å².